The monoisotopic (exact) mass is 373 g/mol. The van der Waals surface area contributed by atoms with Crippen LogP contribution in [0.2, 0.25) is 0 Å². The first-order valence-corrected chi connectivity index (χ1v) is 8.07. The average molecular weight is 373 g/mol. The highest BCUT2D eigenvalue weighted by Crippen LogP contribution is 2.14. The summed E-state index contributed by atoms with van der Waals surface area (Å²) in [5.74, 6) is -0.701. The summed E-state index contributed by atoms with van der Waals surface area (Å²) in [4.78, 5) is 39.6. The zero-order valence-corrected chi connectivity index (χ0v) is 15.1. The van der Waals surface area contributed by atoms with Crippen molar-refractivity contribution in [3.8, 4) is 0 Å². The number of esters is 1. The molecular weight excluding hydrogens is 354 g/mol. The van der Waals surface area contributed by atoms with E-state index in [0.29, 0.717) is 5.56 Å². The first-order valence-electron chi connectivity index (χ1n) is 8.07. The van der Waals surface area contributed by atoms with E-state index in [0.717, 1.165) is 0 Å². The lowest BCUT2D eigenvalue weighted by molar-refractivity contribution is -0.384. The van der Waals surface area contributed by atoms with Crippen molar-refractivity contribution in [2.24, 2.45) is 0 Å². The van der Waals surface area contributed by atoms with Crippen LogP contribution < -0.4 is 0 Å². The third kappa shape index (κ3) is 5.24. The van der Waals surface area contributed by atoms with E-state index in [1.165, 1.54) is 36.5 Å². The van der Waals surface area contributed by atoms with Gasteiger partial charge in [-0.1, -0.05) is 0 Å². The molecule has 0 aliphatic carbocycles. The van der Waals surface area contributed by atoms with Gasteiger partial charge in [0.1, 0.15) is 6.26 Å². The van der Waals surface area contributed by atoms with E-state index in [1.807, 2.05) is 13.8 Å². The fourth-order valence-corrected chi connectivity index (χ4v) is 2.21. The molecule has 1 heterocycles. The van der Waals surface area contributed by atoms with Crippen molar-refractivity contribution in [3.63, 3.8) is 0 Å². The van der Waals surface area contributed by atoms with Gasteiger partial charge in [-0.3, -0.25) is 14.9 Å². The molecule has 0 bridgehead atoms. The van der Waals surface area contributed by atoms with Gasteiger partial charge in [0.15, 0.2) is 5.69 Å². The Labute approximate surface area is 155 Å². The number of nitro groups is 1. The normalized spacial score (nSPS) is 11.0. The number of nitrogens with zero attached hydrogens (tertiary/aromatic N) is 3. The molecule has 0 fully saturated rings. The van der Waals surface area contributed by atoms with Crippen LogP contribution in [0.4, 0.5) is 5.69 Å². The number of rotatable bonds is 7. The number of amides is 1. The largest absolute Gasteiger partial charge is 0.464 e. The smallest absolute Gasteiger partial charge is 0.360 e. The lowest BCUT2D eigenvalue weighted by atomic mass is 10.2. The molecule has 142 valence electrons. The number of carbonyl (C=O) groups is 2. The number of non-ortho nitro benzene ring substituents is 1. The minimum Gasteiger partial charge on any atom is -0.464 e. The highest BCUT2D eigenvalue weighted by atomic mass is 16.6. The number of hydrogen-bond acceptors (Lipinski definition) is 7. The quantitative estimate of drug-likeness (QED) is 0.317. The van der Waals surface area contributed by atoms with Crippen molar-refractivity contribution in [2.45, 2.75) is 26.4 Å². The standard InChI is InChI=1S/C18H19N3O6/c1-12(2)20(10-16-19-15(11-27-16)18(23)26-3)17(22)9-6-13-4-7-14(8-5-13)21(24)25/h4-9,11-12H,10H2,1-3H3. The predicted molar refractivity (Wildman–Crippen MR) is 95.7 cm³/mol. The molecule has 0 saturated heterocycles. The molecule has 0 radical (unpaired) electrons. The first kappa shape index (κ1) is 19.8. The van der Waals surface area contributed by atoms with E-state index in [2.05, 4.69) is 9.72 Å². The van der Waals surface area contributed by atoms with Gasteiger partial charge in [-0.15, -0.1) is 0 Å². The Kier molecular flexibility index (Phi) is 6.42. The molecule has 0 saturated carbocycles. The summed E-state index contributed by atoms with van der Waals surface area (Å²) < 4.78 is 9.79. The number of hydrogen-bond donors (Lipinski definition) is 0. The van der Waals surface area contributed by atoms with E-state index < -0.39 is 10.9 Å². The topological polar surface area (TPSA) is 116 Å². The van der Waals surface area contributed by atoms with Crippen molar-refractivity contribution >= 4 is 23.6 Å². The number of methoxy groups -OCH3 is 1. The van der Waals surface area contributed by atoms with Gasteiger partial charge in [-0.05, 0) is 37.6 Å². The van der Waals surface area contributed by atoms with Crippen LogP contribution in [0, 0.1) is 10.1 Å². The SMILES string of the molecule is COC(=O)c1coc(CN(C(=O)C=Cc2ccc([N+](=O)[O-])cc2)C(C)C)n1. The van der Waals surface area contributed by atoms with Crippen LogP contribution in [0.15, 0.2) is 41.0 Å². The van der Waals surface area contributed by atoms with Gasteiger partial charge in [-0.2, -0.15) is 0 Å². The molecule has 0 atom stereocenters. The van der Waals surface area contributed by atoms with Gasteiger partial charge in [0.25, 0.3) is 5.69 Å². The van der Waals surface area contributed by atoms with Crippen molar-refractivity contribution in [1.29, 1.82) is 0 Å². The first-order chi connectivity index (χ1) is 12.8. The van der Waals surface area contributed by atoms with E-state index >= 15 is 0 Å². The fourth-order valence-electron chi connectivity index (χ4n) is 2.21. The molecular formula is C18H19N3O6. The number of carbonyl (C=O) groups excluding carboxylic acids is 2. The van der Waals surface area contributed by atoms with Gasteiger partial charge in [0.05, 0.1) is 18.6 Å². The van der Waals surface area contributed by atoms with Gasteiger partial charge in [-0.25, -0.2) is 9.78 Å². The summed E-state index contributed by atoms with van der Waals surface area (Å²) in [5, 5.41) is 10.7. The highest BCUT2D eigenvalue weighted by molar-refractivity contribution is 5.92. The maximum Gasteiger partial charge on any atom is 0.360 e. The molecule has 9 nitrogen and oxygen atoms in total. The molecule has 27 heavy (non-hydrogen) atoms. The molecule has 2 aromatic rings. The number of ether oxygens (including phenoxy) is 1. The number of nitro benzene ring substituents is 1. The summed E-state index contributed by atoms with van der Waals surface area (Å²) >= 11 is 0. The zero-order valence-electron chi connectivity index (χ0n) is 15.1. The van der Waals surface area contributed by atoms with Crippen molar-refractivity contribution in [1.82, 2.24) is 9.88 Å². The Bertz CT molecular complexity index is 854. The summed E-state index contributed by atoms with van der Waals surface area (Å²) in [6.45, 7) is 3.75. The van der Waals surface area contributed by atoms with Crippen molar-refractivity contribution < 1.29 is 23.7 Å². The summed E-state index contributed by atoms with van der Waals surface area (Å²) in [6.07, 6.45) is 4.11. The summed E-state index contributed by atoms with van der Waals surface area (Å²) in [5.41, 5.74) is 0.666. The number of aromatic nitrogens is 1. The summed E-state index contributed by atoms with van der Waals surface area (Å²) in [6, 6.07) is 5.70. The molecule has 1 amide bonds. The number of oxazole rings is 1. The van der Waals surface area contributed by atoms with E-state index in [1.54, 1.807) is 18.2 Å². The fraction of sp³-hybridized carbons (Fsp3) is 0.278. The maximum absolute atomic E-state index is 12.5. The number of benzene rings is 1. The van der Waals surface area contributed by atoms with Gasteiger partial charge < -0.3 is 14.1 Å². The van der Waals surface area contributed by atoms with Crippen LogP contribution in [0.3, 0.4) is 0 Å². The van der Waals surface area contributed by atoms with Crippen LogP contribution in [-0.4, -0.2) is 39.8 Å². The molecule has 0 spiro atoms. The zero-order chi connectivity index (χ0) is 20.0. The van der Waals surface area contributed by atoms with E-state index in [9.17, 15) is 19.7 Å². The molecule has 9 heteroatoms. The Morgan fingerprint density at radius 3 is 2.56 bits per heavy atom. The molecule has 0 aliphatic rings. The van der Waals surface area contributed by atoms with Crippen LogP contribution in [0.5, 0.6) is 0 Å². The molecule has 0 N–H and O–H groups in total. The third-order valence-corrected chi connectivity index (χ3v) is 3.68. The van der Waals surface area contributed by atoms with Crippen LogP contribution in [-0.2, 0) is 16.1 Å². The van der Waals surface area contributed by atoms with Crippen LogP contribution in [0.1, 0.15) is 35.8 Å². The lowest BCUT2D eigenvalue weighted by Gasteiger charge is -2.23. The maximum atomic E-state index is 12.5. The van der Waals surface area contributed by atoms with Crippen LogP contribution in [0.25, 0.3) is 6.08 Å². The Morgan fingerprint density at radius 1 is 1.33 bits per heavy atom. The Morgan fingerprint density at radius 2 is 2.00 bits per heavy atom. The molecule has 0 aliphatic heterocycles. The molecule has 2 rings (SSSR count). The Hall–Kier alpha value is -3.49. The van der Waals surface area contributed by atoms with E-state index in [4.69, 9.17) is 4.42 Å². The van der Waals surface area contributed by atoms with Crippen LogP contribution >= 0.6 is 0 Å². The third-order valence-electron chi connectivity index (χ3n) is 3.68. The molecule has 1 aromatic carbocycles. The van der Waals surface area contributed by atoms with Crippen molar-refractivity contribution in [2.75, 3.05) is 7.11 Å². The molecule has 1 aromatic heterocycles. The minimum atomic E-state index is -0.620. The average Bonchev–Trinajstić information content (AvgIpc) is 3.12. The van der Waals surface area contributed by atoms with Gasteiger partial charge in [0.2, 0.25) is 11.8 Å². The lowest BCUT2D eigenvalue weighted by Crippen LogP contribution is -2.35. The Balaban J connectivity index is 2.09. The molecule has 0 unspecified atom stereocenters. The van der Waals surface area contributed by atoms with E-state index in [-0.39, 0.29) is 35.8 Å². The predicted octanol–water partition coefficient (Wildman–Crippen LogP) is 2.82. The van der Waals surface area contributed by atoms with Gasteiger partial charge in [0, 0.05) is 24.3 Å². The second kappa shape index (κ2) is 8.75. The minimum absolute atomic E-state index is 0.0208. The highest BCUT2D eigenvalue weighted by Gasteiger charge is 2.19. The van der Waals surface area contributed by atoms with Crippen molar-refractivity contribution in [3.05, 3.63) is 63.9 Å². The second-order valence-electron chi connectivity index (χ2n) is 5.86. The second-order valence-corrected chi connectivity index (χ2v) is 5.86. The van der Waals surface area contributed by atoms with Gasteiger partial charge >= 0.3 is 5.97 Å². The summed E-state index contributed by atoms with van der Waals surface area (Å²) in [7, 11) is 1.24.